The van der Waals surface area contributed by atoms with E-state index in [9.17, 15) is 4.79 Å². The maximum Gasteiger partial charge on any atom is 0.326 e. The molecule has 1 heterocycles. The number of rotatable bonds is 6. The number of piperidine rings is 1. The standard InChI is InChI=1S/C15H30N2O2/c1-6-19-14(18)15(4,16-5)11-13(3)17-10-8-7-9-12(17)2/h12-13,16H,6-11H2,1-5H3. The first-order valence-electron chi connectivity index (χ1n) is 7.56. The summed E-state index contributed by atoms with van der Waals surface area (Å²) in [6, 6.07) is 1.00. The Balaban J connectivity index is 2.65. The summed E-state index contributed by atoms with van der Waals surface area (Å²) in [5.74, 6) is -0.144. The number of ether oxygens (including phenoxy) is 1. The van der Waals surface area contributed by atoms with Crippen LogP contribution in [0, 0.1) is 0 Å². The molecule has 3 unspecified atom stereocenters. The van der Waals surface area contributed by atoms with E-state index in [1.165, 1.54) is 19.3 Å². The number of likely N-dealkylation sites (N-methyl/N-ethyl adjacent to an activating group) is 1. The molecule has 1 aliphatic heterocycles. The van der Waals surface area contributed by atoms with Gasteiger partial charge in [-0.15, -0.1) is 0 Å². The minimum absolute atomic E-state index is 0.144. The van der Waals surface area contributed by atoms with Crippen molar-refractivity contribution >= 4 is 5.97 Å². The van der Waals surface area contributed by atoms with E-state index in [0.29, 0.717) is 18.7 Å². The molecule has 0 radical (unpaired) electrons. The van der Waals surface area contributed by atoms with Gasteiger partial charge >= 0.3 is 5.97 Å². The second kappa shape index (κ2) is 7.25. The van der Waals surface area contributed by atoms with Crippen molar-refractivity contribution in [2.75, 3.05) is 20.2 Å². The number of carbonyl (C=O) groups excluding carboxylic acids is 1. The van der Waals surface area contributed by atoms with Gasteiger partial charge in [-0.05, 0) is 60.5 Å². The summed E-state index contributed by atoms with van der Waals surface area (Å²) in [5.41, 5.74) is -0.591. The molecule has 1 N–H and O–H groups in total. The van der Waals surface area contributed by atoms with Crippen LogP contribution >= 0.6 is 0 Å². The molecule has 0 bridgehead atoms. The largest absolute Gasteiger partial charge is 0.465 e. The minimum atomic E-state index is -0.591. The van der Waals surface area contributed by atoms with Gasteiger partial charge in [0.1, 0.15) is 5.54 Å². The molecule has 0 aromatic rings. The Morgan fingerprint density at radius 2 is 2.21 bits per heavy atom. The molecule has 0 spiro atoms. The fourth-order valence-electron chi connectivity index (χ4n) is 3.06. The van der Waals surface area contributed by atoms with Gasteiger partial charge in [-0.25, -0.2) is 0 Å². The average molecular weight is 270 g/mol. The second-order valence-corrected chi connectivity index (χ2v) is 5.94. The van der Waals surface area contributed by atoms with E-state index >= 15 is 0 Å². The molecular formula is C15H30N2O2. The first kappa shape index (κ1) is 16.4. The smallest absolute Gasteiger partial charge is 0.326 e. The van der Waals surface area contributed by atoms with Gasteiger partial charge in [-0.3, -0.25) is 9.69 Å². The van der Waals surface area contributed by atoms with Crippen molar-refractivity contribution in [2.45, 2.75) is 71.0 Å². The predicted molar refractivity (Wildman–Crippen MR) is 78.2 cm³/mol. The Hall–Kier alpha value is -0.610. The number of nitrogens with one attached hydrogen (secondary N) is 1. The first-order valence-corrected chi connectivity index (χ1v) is 7.56. The molecular weight excluding hydrogens is 240 g/mol. The van der Waals surface area contributed by atoms with Gasteiger partial charge in [-0.2, -0.15) is 0 Å². The Kier molecular flexibility index (Phi) is 6.27. The number of carbonyl (C=O) groups is 1. The molecule has 0 aromatic heterocycles. The lowest BCUT2D eigenvalue weighted by atomic mass is 9.91. The van der Waals surface area contributed by atoms with E-state index < -0.39 is 5.54 Å². The third-order valence-electron chi connectivity index (χ3n) is 4.40. The van der Waals surface area contributed by atoms with Crippen molar-refractivity contribution in [3.05, 3.63) is 0 Å². The van der Waals surface area contributed by atoms with Crippen LogP contribution in [0.15, 0.2) is 0 Å². The summed E-state index contributed by atoms with van der Waals surface area (Å²) in [4.78, 5) is 14.6. The zero-order valence-electron chi connectivity index (χ0n) is 13.2. The van der Waals surface area contributed by atoms with Crippen LogP contribution in [0.5, 0.6) is 0 Å². The Bertz CT molecular complexity index is 296. The predicted octanol–water partition coefficient (Wildman–Crippen LogP) is 2.18. The van der Waals surface area contributed by atoms with E-state index in [1.54, 1.807) is 0 Å². The highest BCUT2D eigenvalue weighted by Gasteiger charge is 2.37. The fraction of sp³-hybridized carbons (Fsp3) is 0.933. The molecule has 19 heavy (non-hydrogen) atoms. The molecule has 4 heteroatoms. The summed E-state index contributed by atoms with van der Waals surface area (Å²) >= 11 is 0. The summed E-state index contributed by atoms with van der Waals surface area (Å²) < 4.78 is 5.19. The highest BCUT2D eigenvalue weighted by Crippen LogP contribution is 2.24. The van der Waals surface area contributed by atoms with Gasteiger partial charge in [-0.1, -0.05) is 6.42 Å². The first-order chi connectivity index (χ1) is 8.94. The molecule has 0 aromatic carbocycles. The van der Waals surface area contributed by atoms with Gasteiger partial charge in [0.15, 0.2) is 0 Å². The molecule has 0 saturated carbocycles. The maximum absolute atomic E-state index is 12.1. The topological polar surface area (TPSA) is 41.6 Å². The normalized spacial score (nSPS) is 25.6. The van der Waals surface area contributed by atoms with E-state index in [1.807, 2.05) is 20.9 Å². The summed E-state index contributed by atoms with van der Waals surface area (Å²) in [5, 5.41) is 3.15. The van der Waals surface area contributed by atoms with Crippen molar-refractivity contribution < 1.29 is 9.53 Å². The van der Waals surface area contributed by atoms with Crippen LogP contribution in [-0.2, 0) is 9.53 Å². The Morgan fingerprint density at radius 1 is 1.53 bits per heavy atom. The van der Waals surface area contributed by atoms with Gasteiger partial charge in [0, 0.05) is 12.1 Å². The molecule has 112 valence electrons. The third-order valence-corrected chi connectivity index (χ3v) is 4.40. The highest BCUT2D eigenvalue weighted by molar-refractivity contribution is 5.80. The lowest BCUT2D eigenvalue weighted by Gasteiger charge is -2.41. The Labute approximate surface area is 117 Å². The summed E-state index contributed by atoms with van der Waals surface area (Å²) in [6.07, 6.45) is 4.64. The van der Waals surface area contributed by atoms with E-state index in [-0.39, 0.29) is 5.97 Å². The van der Waals surface area contributed by atoms with Gasteiger partial charge in [0.25, 0.3) is 0 Å². The Morgan fingerprint density at radius 3 is 2.74 bits per heavy atom. The number of nitrogens with zero attached hydrogens (tertiary/aromatic N) is 1. The molecule has 1 saturated heterocycles. The zero-order chi connectivity index (χ0) is 14.5. The monoisotopic (exact) mass is 270 g/mol. The van der Waals surface area contributed by atoms with E-state index in [2.05, 4.69) is 24.1 Å². The lowest BCUT2D eigenvalue weighted by molar-refractivity contribution is -0.151. The summed E-state index contributed by atoms with van der Waals surface area (Å²) in [6.45, 7) is 9.88. The van der Waals surface area contributed by atoms with Crippen LogP contribution in [0.1, 0.15) is 53.4 Å². The number of likely N-dealkylation sites (tertiary alicyclic amines) is 1. The number of esters is 1. The SMILES string of the molecule is CCOC(=O)C(C)(CC(C)N1CCCCC1C)NC. The zero-order valence-corrected chi connectivity index (χ0v) is 13.2. The second-order valence-electron chi connectivity index (χ2n) is 5.94. The van der Waals surface area contributed by atoms with E-state index in [0.717, 1.165) is 13.0 Å². The van der Waals surface area contributed by atoms with Gasteiger partial charge in [0.05, 0.1) is 6.61 Å². The highest BCUT2D eigenvalue weighted by atomic mass is 16.5. The molecule has 1 fully saturated rings. The van der Waals surface area contributed by atoms with Gasteiger partial charge in [0.2, 0.25) is 0 Å². The molecule has 3 atom stereocenters. The molecule has 0 aliphatic carbocycles. The van der Waals surface area contributed by atoms with Crippen LogP contribution < -0.4 is 5.32 Å². The van der Waals surface area contributed by atoms with Crippen LogP contribution in [0.3, 0.4) is 0 Å². The number of hydrogen-bond acceptors (Lipinski definition) is 4. The summed E-state index contributed by atoms with van der Waals surface area (Å²) in [7, 11) is 1.84. The van der Waals surface area contributed by atoms with Crippen molar-refractivity contribution in [3.63, 3.8) is 0 Å². The van der Waals surface area contributed by atoms with Crippen LogP contribution in [0.25, 0.3) is 0 Å². The fourth-order valence-corrected chi connectivity index (χ4v) is 3.06. The average Bonchev–Trinajstić information content (AvgIpc) is 2.39. The quantitative estimate of drug-likeness (QED) is 0.751. The van der Waals surface area contributed by atoms with E-state index in [4.69, 9.17) is 4.74 Å². The van der Waals surface area contributed by atoms with Crippen molar-refractivity contribution in [1.29, 1.82) is 0 Å². The molecule has 1 rings (SSSR count). The van der Waals surface area contributed by atoms with Crippen LogP contribution in [-0.4, -0.2) is 48.7 Å². The third kappa shape index (κ3) is 4.18. The molecule has 1 aliphatic rings. The maximum atomic E-state index is 12.1. The van der Waals surface area contributed by atoms with Crippen molar-refractivity contribution in [3.8, 4) is 0 Å². The van der Waals surface area contributed by atoms with Crippen LogP contribution in [0.4, 0.5) is 0 Å². The molecule has 0 amide bonds. The van der Waals surface area contributed by atoms with Crippen molar-refractivity contribution in [1.82, 2.24) is 10.2 Å². The lowest BCUT2D eigenvalue weighted by Crippen LogP contribution is -2.54. The number of hydrogen-bond donors (Lipinski definition) is 1. The van der Waals surface area contributed by atoms with Gasteiger partial charge < -0.3 is 10.1 Å². The van der Waals surface area contributed by atoms with Crippen LogP contribution in [0.2, 0.25) is 0 Å². The minimum Gasteiger partial charge on any atom is -0.465 e. The molecule has 4 nitrogen and oxygen atoms in total. The van der Waals surface area contributed by atoms with Crippen molar-refractivity contribution in [2.24, 2.45) is 0 Å².